The first kappa shape index (κ1) is 12.6. The summed E-state index contributed by atoms with van der Waals surface area (Å²) in [5, 5.41) is 0. The van der Waals surface area contributed by atoms with Crippen LogP contribution in [-0.2, 0) is 19.5 Å². The molecule has 0 spiro atoms. The molecule has 1 aliphatic heterocycles. The molecule has 0 bridgehead atoms. The fourth-order valence-electron chi connectivity index (χ4n) is 2.73. The maximum Gasteiger partial charge on any atom is 0.0239 e. The Kier molecular flexibility index (Phi) is 3.85. The molecule has 0 saturated carbocycles. The fourth-order valence-corrected chi connectivity index (χ4v) is 2.73. The Morgan fingerprint density at radius 3 is 2.71 bits per heavy atom. The minimum Gasteiger partial charge on any atom is -0.305 e. The Labute approximate surface area is 105 Å². The lowest BCUT2D eigenvalue weighted by Gasteiger charge is -2.34. The maximum atomic E-state index is 2.55. The monoisotopic (exact) mass is 232 g/mol. The fraction of sp³-hybridized carbons (Fsp3) is 0.600. The highest BCUT2D eigenvalue weighted by Gasteiger charge is 2.21. The van der Waals surface area contributed by atoms with Crippen molar-refractivity contribution in [3.05, 3.63) is 34.9 Å². The number of hydrogen-bond acceptors (Lipinski definition) is 2. The van der Waals surface area contributed by atoms with Crippen molar-refractivity contribution in [1.82, 2.24) is 9.80 Å². The quantitative estimate of drug-likeness (QED) is 0.790. The van der Waals surface area contributed by atoms with Gasteiger partial charge in [0.05, 0.1) is 0 Å². The van der Waals surface area contributed by atoms with Gasteiger partial charge >= 0.3 is 0 Å². The molecule has 17 heavy (non-hydrogen) atoms. The summed E-state index contributed by atoms with van der Waals surface area (Å²) in [7, 11) is 4.25. The van der Waals surface area contributed by atoms with E-state index in [4.69, 9.17) is 0 Å². The van der Waals surface area contributed by atoms with E-state index in [1.54, 1.807) is 5.56 Å². The molecular formula is C15H24N2. The van der Waals surface area contributed by atoms with Gasteiger partial charge in [0.15, 0.2) is 0 Å². The Hall–Kier alpha value is -0.860. The molecule has 0 fully saturated rings. The number of fused-ring (bicyclic) bond motifs is 1. The van der Waals surface area contributed by atoms with Crippen LogP contribution in [0.1, 0.15) is 30.5 Å². The van der Waals surface area contributed by atoms with Crippen LogP contribution in [0.4, 0.5) is 0 Å². The van der Waals surface area contributed by atoms with Gasteiger partial charge in [-0.25, -0.2) is 0 Å². The van der Waals surface area contributed by atoms with E-state index in [1.165, 1.54) is 17.5 Å². The summed E-state index contributed by atoms with van der Waals surface area (Å²) in [6.45, 7) is 7.90. The highest BCUT2D eigenvalue weighted by molar-refractivity contribution is 5.34. The van der Waals surface area contributed by atoms with Crippen LogP contribution in [-0.4, -0.2) is 36.5 Å². The van der Waals surface area contributed by atoms with Crippen molar-refractivity contribution in [3.63, 3.8) is 0 Å². The van der Waals surface area contributed by atoms with Gasteiger partial charge in [-0.2, -0.15) is 0 Å². The smallest absolute Gasteiger partial charge is 0.0239 e. The number of rotatable bonds is 3. The van der Waals surface area contributed by atoms with Gasteiger partial charge in [0.2, 0.25) is 0 Å². The highest BCUT2D eigenvalue weighted by Crippen LogP contribution is 2.24. The summed E-state index contributed by atoms with van der Waals surface area (Å²) in [6.07, 6.45) is 1.20. The standard InChI is InChI=1S/C15H24N2/c1-5-17-11-14-7-6-13(10-16(3)4)9-15(14)8-12(17)2/h6-7,9,12H,5,8,10-11H2,1-4H3. The third-order valence-corrected chi connectivity index (χ3v) is 3.69. The van der Waals surface area contributed by atoms with Crippen molar-refractivity contribution in [3.8, 4) is 0 Å². The van der Waals surface area contributed by atoms with E-state index >= 15 is 0 Å². The van der Waals surface area contributed by atoms with Crippen molar-refractivity contribution in [2.45, 2.75) is 39.4 Å². The first-order chi connectivity index (χ1) is 8.10. The molecule has 0 aromatic heterocycles. The van der Waals surface area contributed by atoms with E-state index in [9.17, 15) is 0 Å². The third-order valence-electron chi connectivity index (χ3n) is 3.69. The molecule has 1 heterocycles. The van der Waals surface area contributed by atoms with Crippen molar-refractivity contribution < 1.29 is 0 Å². The molecular weight excluding hydrogens is 208 g/mol. The van der Waals surface area contributed by atoms with E-state index in [1.807, 2.05) is 0 Å². The van der Waals surface area contributed by atoms with Crippen LogP contribution in [0.3, 0.4) is 0 Å². The van der Waals surface area contributed by atoms with E-state index in [0.29, 0.717) is 6.04 Å². The number of likely N-dealkylation sites (N-methyl/N-ethyl adjacent to an activating group) is 1. The predicted octanol–water partition coefficient (Wildman–Crippen LogP) is 2.51. The van der Waals surface area contributed by atoms with Gasteiger partial charge in [-0.05, 0) is 50.7 Å². The molecule has 0 N–H and O–H groups in total. The Morgan fingerprint density at radius 2 is 2.06 bits per heavy atom. The average molecular weight is 232 g/mol. The number of benzene rings is 1. The topological polar surface area (TPSA) is 6.48 Å². The van der Waals surface area contributed by atoms with Crippen LogP contribution in [0.25, 0.3) is 0 Å². The lowest BCUT2D eigenvalue weighted by Crippen LogP contribution is -2.38. The van der Waals surface area contributed by atoms with Gasteiger partial charge in [0.25, 0.3) is 0 Å². The first-order valence-corrected chi connectivity index (χ1v) is 6.59. The minimum atomic E-state index is 0.683. The van der Waals surface area contributed by atoms with Crippen LogP contribution in [0.2, 0.25) is 0 Å². The van der Waals surface area contributed by atoms with Crippen molar-refractivity contribution in [2.24, 2.45) is 0 Å². The normalized spacial score (nSPS) is 20.6. The highest BCUT2D eigenvalue weighted by atomic mass is 15.1. The second kappa shape index (κ2) is 5.19. The SMILES string of the molecule is CCN1Cc2ccc(CN(C)C)cc2CC1C. The summed E-state index contributed by atoms with van der Waals surface area (Å²) >= 11 is 0. The van der Waals surface area contributed by atoms with Crippen LogP contribution < -0.4 is 0 Å². The number of nitrogens with zero attached hydrogens (tertiary/aromatic N) is 2. The molecule has 1 atom stereocenters. The summed E-state index contributed by atoms with van der Waals surface area (Å²) in [4.78, 5) is 4.78. The van der Waals surface area contributed by atoms with Crippen LogP contribution >= 0.6 is 0 Å². The van der Waals surface area contributed by atoms with Crippen LogP contribution in [0.15, 0.2) is 18.2 Å². The van der Waals surface area contributed by atoms with Crippen molar-refractivity contribution >= 4 is 0 Å². The van der Waals surface area contributed by atoms with E-state index < -0.39 is 0 Å². The molecule has 2 rings (SSSR count). The van der Waals surface area contributed by atoms with Gasteiger partial charge in [0.1, 0.15) is 0 Å². The van der Waals surface area contributed by atoms with Gasteiger partial charge < -0.3 is 4.90 Å². The Bertz CT molecular complexity index is 385. The summed E-state index contributed by atoms with van der Waals surface area (Å²) in [5.41, 5.74) is 4.51. The molecule has 2 nitrogen and oxygen atoms in total. The molecule has 0 aliphatic carbocycles. The number of hydrogen-bond donors (Lipinski definition) is 0. The Morgan fingerprint density at radius 1 is 1.29 bits per heavy atom. The molecule has 1 aliphatic rings. The summed E-state index contributed by atoms with van der Waals surface area (Å²) in [5.74, 6) is 0. The molecule has 1 unspecified atom stereocenters. The molecule has 0 radical (unpaired) electrons. The summed E-state index contributed by atoms with van der Waals surface area (Å²) < 4.78 is 0. The first-order valence-electron chi connectivity index (χ1n) is 6.59. The molecule has 1 aromatic carbocycles. The predicted molar refractivity (Wildman–Crippen MR) is 73.1 cm³/mol. The minimum absolute atomic E-state index is 0.683. The maximum absolute atomic E-state index is 2.55. The average Bonchev–Trinajstić information content (AvgIpc) is 2.27. The molecule has 0 saturated heterocycles. The lowest BCUT2D eigenvalue weighted by molar-refractivity contribution is 0.194. The van der Waals surface area contributed by atoms with Crippen molar-refractivity contribution in [1.29, 1.82) is 0 Å². The van der Waals surface area contributed by atoms with Crippen LogP contribution in [0, 0.1) is 0 Å². The zero-order valence-corrected chi connectivity index (χ0v) is 11.5. The largest absolute Gasteiger partial charge is 0.305 e. The molecule has 0 amide bonds. The lowest BCUT2D eigenvalue weighted by atomic mass is 9.93. The van der Waals surface area contributed by atoms with Gasteiger partial charge in [-0.15, -0.1) is 0 Å². The van der Waals surface area contributed by atoms with E-state index in [0.717, 1.165) is 19.6 Å². The van der Waals surface area contributed by atoms with Gasteiger partial charge in [-0.1, -0.05) is 25.1 Å². The second-order valence-electron chi connectivity index (χ2n) is 5.46. The Balaban J connectivity index is 2.20. The van der Waals surface area contributed by atoms with Crippen LogP contribution in [0.5, 0.6) is 0 Å². The third kappa shape index (κ3) is 2.88. The summed E-state index contributed by atoms with van der Waals surface area (Å²) in [6, 6.07) is 7.69. The molecule has 1 aromatic rings. The van der Waals surface area contributed by atoms with E-state index in [-0.39, 0.29) is 0 Å². The molecule has 94 valence electrons. The van der Waals surface area contributed by atoms with Crippen molar-refractivity contribution in [2.75, 3.05) is 20.6 Å². The van der Waals surface area contributed by atoms with Gasteiger partial charge in [-0.3, -0.25) is 4.90 Å². The second-order valence-corrected chi connectivity index (χ2v) is 5.46. The zero-order chi connectivity index (χ0) is 12.4. The van der Waals surface area contributed by atoms with Gasteiger partial charge in [0, 0.05) is 19.1 Å². The zero-order valence-electron chi connectivity index (χ0n) is 11.5. The van der Waals surface area contributed by atoms with E-state index in [2.05, 4.69) is 55.9 Å². The molecule has 2 heteroatoms.